The van der Waals surface area contributed by atoms with Gasteiger partial charge in [0.1, 0.15) is 5.69 Å². The number of rotatable bonds is 7. The van der Waals surface area contributed by atoms with Crippen LogP contribution in [0.1, 0.15) is 33.9 Å². The Morgan fingerprint density at radius 1 is 0.946 bits per heavy atom. The van der Waals surface area contributed by atoms with Gasteiger partial charge < -0.3 is 5.32 Å². The summed E-state index contributed by atoms with van der Waals surface area (Å²) in [6.07, 6.45) is -0.326. The third-order valence-corrected chi connectivity index (χ3v) is 6.01. The standard InChI is InChI=1S/C28H22F3N5O/c29-28(30,31)15-25(19-6-2-1-3-7-19)33-27(37)24-9-5-4-8-23(24)17-36-18-26(34-35-36)21-10-11-22-16-32-13-12-20(22)14-21/h1-14,16,18,25H,15,17H2,(H,33,37). The smallest absolute Gasteiger partial charge is 0.345 e. The van der Waals surface area contributed by atoms with Gasteiger partial charge in [-0.05, 0) is 34.7 Å². The largest absolute Gasteiger partial charge is 0.391 e. The number of amides is 1. The summed E-state index contributed by atoms with van der Waals surface area (Å²) >= 11 is 0. The summed E-state index contributed by atoms with van der Waals surface area (Å²) < 4.78 is 41.4. The molecular formula is C28H22F3N5O. The van der Waals surface area contributed by atoms with Crippen LogP contribution in [0.5, 0.6) is 0 Å². The SMILES string of the molecule is O=C(NC(CC(F)(F)F)c1ccccc1)c1ccccc1Cn1cc(-c2ccc3cnccc3c2)nn1. The van der Waals surface area contributed by atoms with Crippen molar-refractivity contribution < 1.29 is 18.0 Å². The first-order valence-electron chi connectivity index (χ1n) is 11.6. The number of aromatic nitrogens is 4. The van der Waals surface area contributed by atoms with Gasteiger partial charge in [-0.2, -0.15) is 13.2 Å². The van der Waals surface area contributed by atoms with E-state index >= 15 is 0 Å². The summed E-state index contributed by atoms with van der Waals surface area (Å²) in [5, 5.41) is 13.1. The number of carbonyl (C=O) groups is 1. The van der Waals surface area contributed by atoms with Crippen LogP contribution in [0.2, 0.25) is 0 Å². The molecule has 3 aromatic carbocycles. The van der Waals surface area contributed by atoms with Crippen LogP contribution in [0.25, 0.3) is 22.0 Å². The third kappa shape index (κ3) is 5.83. The summed E-state index contributed by atoms with van der Waals surface area (Å²) in [4.78, 5) is 17.3. The zero-order valence-electron chi connectivity index (χ0n) is 19.6. The molecule has 2 aromatic heterocycles. The average Bonchev–Trinajstić information content (AvgIpc) is 3.36. The number of pyridine rings is 1. The first-order valence-corrected chi connectivity index (χ1v) is 11.6. The van der Waals surface area contributed by atoms with E-state index in [-0.39, 0.29) is 12.1 Å². The Balaban J connectivity index is 1.37. The van der Waals surface area contributed by atoms with Crippen molar-refractivity contribution in [3.8, 4) is 11.3 Å². The lowest BCUT2D eigenvalue weighted by atomic mass is 10.0. The molecular weight excluding hydrogens is 479 g/mol. The number of halogens is 3. The minimum absolute atomic E-state index is 0.226. The summed E-state index contributed by atoms with van der Waals surface area (Å²) in [7, 11) is 0. The molecule has 0 saturated heterocycles. The first-order chi connectivity index (χ1) is 17.9. The predicted molar refractivity (Wildman–Crippen MR) is 134 cm³/mol. The van der Waals surface area contributed by atoms with Crippen molar-refractivity contribution in [3.05, 3.63) is 114 Å². The molecule has 0 spiro atoms. The number of nitrogens with one attached hydrogen (secondary N) is 1. The van der Waals surface area contributed by atoms with E-state index in [2.05, 4.69) is 20.6 Å². The molecule has 1 amide bonds. The number of alkyl halides is 3. The highest BCUT2D eigenvalue weighted by molar-refractivity contribution is 5.96. The highest BCUT2D eigenvalue weighted by atomic mass is 19.4. The Kier molecular flexibility index (Phi) is 6.68. The van der Waals surface area contributed by atoms with E-state index < -0.39 is 24.5 Å². The average molecular weight is 502 g/mol. The highest BCUT2D eigenvalue weighted by Crippen LogP contribution is 2.30. The van der Waals surface area contributed by atoms with Gasteiger partial charge >= 0.3 is 6.18 Å². The Morgan fingerprint density at radius 2 is 1.73 bits per heavy atom. The van der Waals surface area contributed by atoms with Gasteiger partial charge in [-0.15, -0.1) is 5.10 Å². The zero-order chi connectivity index (χ0) is 25.8. The quantitative estimate of drug-likeness (QED) is 0.299. The molecule has 0 aliphatic heterocycles. The van der Waals surface area contributed by atoms with Crippen molar-refractivity contribution in [1.29, 1.82) is 0 Å². The minimum Gasteiger partial charge on any atom is -0.345 e. The molecule has 1 N–H and O–H groups in total. The zero-order valence-corrected chi connectivity index (χ0v) is 19.6. The molecule has 0 aliphatic rings. The lowest BCUT2D eigenvalue weighted by Crippen LogP contribution is -2.32. The Labute approximate surface area is 210 Å². The third-order valence-electron chi connectivity index (χ3n) is 6.01. The molecule has 5 aromatic rings. The van der Waals surface area contributed by atoms with Crippen molar-refractivity contribution in [2.75, 3.05) is 0 Å². The van der Waals surface area contributed by atoms with Gasteiger partial charge in [-0.1, -0.05) is 65.9 Å². The number of nitrogens with zero attached hydrogens (tertiary/aromatic N) is 4. The van der Waals surface area contributed by atoms with Crippen molar-refractivity contribution >= 4 is 16.7 Å². The summed E-state index contributed by atoms with van der Waals surface area (Å²) in [6.45, 7) is 0.226. The van der Waals surface area contributed by atoms with E-state index in [1.807, 2.05) is 24.3 Å². The summed E-state index contributed by atoms with van der Waals surface area (Å²) in [5.74, 6) is -0.586. The molecule has 37 heavy (non-hydrogen) atoms. The van der Waals surface area contributed by atoms with Gasteiger partial charge in [0.05, 0.1) is 25.2 Å². The van der Waals surface area contributed by atoms with Gasteiger partial charge in [0.25, 0.3) is 5.91 Å². The van der Waals surface area contributed by atoms with Crippen LogP contribution in [-0.2, 0) is 6.54 Å². The van der Waals surface area contributed by atoms with E-state index in [1.165, 1.54) is 0 Å². The second kappa shape index (κ2) is 10.2. The number of fused-ring (bicyclic) bond motifs is 1. The van der Waals surface area contributed by atoms with Crippen molar-refractivity contribution in [2.45, 2.75) is 25.2 Å². The predicted octanol–water partition coefficient (Wildman–Crippen LogP) is 5.97. The van der Waals surface area contributed by atoms with Crippen LogP contribution in [0.3, 0.4) is 0 Å². The Hall–Kier alpha value is -4.53. The number of carbonyl (C=O) groups excluding carboxylic acids is 1. The van der Waals surface area contributed by atoms with Crippen molar-refractivity contribution in [1.82, 2.24) is 25.3 Å². The van der Waals surface area contributed by atoms with E-state index in [1.54, 1.807) is 77.9 Å². The maximum Gasteiger partial charge on any atom is 0.391 e. The van der Waals surface area contributed by atoms with E-state index in [0.29, 0.717) is 16.8 Å². The number of benzene rings is 3. The normalized spacial score (nSPS) is 12.4. The topological polar surface area (TPSA) is 72.7 Å². The van der Waals surface area contributed by atoms with Crippen molar-refractivity contribution in [2.24, 2.45) is 0 Å². The molecule has 2 heterocycles. The second-order valence-corrected chi connectivity index (χ2v) is 8.65. The van der Waals surface area contributed by atoms with Crippen LogP contribution in [0.4, 0.5) is 13.2 Å². The van der Waals surface area contributed by atoms with Crippen LogP contribution < -0.4 is 5.32 Å². The molecule has 6 nitrogen and oxygen atoms in total. The van der Waals surface area contributed by atoms with Crippen LogP contribution in [0.15, 0.2) is 97.5 Å². The fraction of sp³-hybridized carbons (Fsp3) is 0.143. The molecule has 1 unspecified atom stereocenters. The molecule has 0 saturated carbocycles. The maximum atomic E-state index is 13.3. The van der Waals surface area contributed by atoms with Gasteiger partial charge in [-0.25, -0.2) is 4.68 Å². The van der Waals surface area contributed by atoms with Crippen LogP contribution in [-0.4, -0.2) is 32.1 Å². The van der Waals surface area contributed by atoms with E-state index in [4.69, 9.17) is 0 Å². The lowest BCUT2D eigenvalue weighted by Gasteiger charge is -2.21. The Bertz CT molecular complexity index is 1530. The summed E-state index contributed by atoms with van der Waals surface area (Å²) in [6, 6.07) is 21.5. The fourth-order valence-electron chi connectivity index (χ4n) is 4.21. The Morgan fingerprint density at radius 3 is 2.54 bits per heavy atom. The maximum absolute atomic E-state index is 13.3. The molecule has 9 heteroatoms. The second-order valence-electron chi connectivity index (χ2n) is 8.65. The van der Waals surface area contributed by atoms with Crippen molar-refractivity contribution in [3.63, 3.8) is 0 Å². The van der Waals surface area contributed by atoms with Gasteiger partial charge in [-0.3, -0.25) is 9.78 Å². The minimum atomic E-state index is -4.44. The van der Waals surface area contributed by atoms with Gasteiger partial charge in [0, 0.05) is 28.9 Å². The molecule has 0 fully saturated rings. The summed E-state index contributed by atoms with van der Waals surface area (Å²) in [5.41, 5.74) is 2.82. The molecule has 5 rings (SSSR count). The lowest BCUT2D eigenvalue weighted by molar-refractivity contribution is -0.139. The van der Waals surface area contributed by atoms with Gasteiger partial charge in [0.15, 0.2) is 0 Å². The first kappa shape index (κ1) is 24.2. The molecule has 0 bridgehead atoms. The van der Waals surface area contributed by atoms with E-state index in [0.717, 1.165) is 16.3 Å². The molecule has 0 radical (unpaired) electrons. The van der Waals surface area contributed by atoms with Crippen LogP contribution in [0, 0.1) is 0 Å². The number of hydrogen-bond acceptors (Lipinski definition) is 4. The fourth-order valence-corrected chi connectivity index (χ4v) is 4.21. The monoisotopic (exact) mass is 501 g/mol. The number of hydrogen-bond donors (Lipinski definition) is 1. The molecule has 1 atom stereocenters. The van der Waals surface area contributed by atoms with Crippen LogP contribution >= 0.6 is 0 Å². The molecule has 186 valence electrons. The van der Waals surface area contributed by atoms with E-state index in [9.17, 15) is 18.0 Å². The van der Waals surface area contributed by atoms with Gasteiger partial charge in [0.2, 0.25) is 0 Å². The molecule has 0 aliphatic carbocycles. The highest BCUT2D eigenvalue weighted by Gasteiger charge is 2.33.